The lowest BCUT2D eigenvalue weighted by atomic mass is 10.0. The molecule has 0 radical (unpaired) electrons. The van der Waals surface area contributed by atoms with Crippen LogP contribution in [0.1, 0.15) is 43.0 Å². The fourth-order valence-corrected chi connectivity index (χ4v) is 3.42. The number of esters is 1. The molecule has 24 heavy (non-hydrogen) atoms. The molecule has 0 saturated carbocycles. The summed E-state index contributed by atoms with van der Waals surface area (Å²) in [6.45, 7) is 2.09. The Labute approximate surface area is 150 Å². The predicted octanol–water partition coefficient (Wildman–Crippen LogP) is 5.37. The van der Waals surface area contributed by atoms with E-state index >= 15 is 0 Å². The second-order valence-electron chi connectivity index (χ2n) is 5.36. The third-order valence-electron chi connectivity index (χ3n) is 3.60. The van der Waals surface area contributed by atoms with Gasteiger partial charge in [0.25, 0.3) is 0 Å². The van der Waals surface area contributed by atoms with Gasteiger partial charge in [-0.15, -0.1) is 11.3 Å². The Bertz CT molecular complexity index is 710. The highest BCUT2D eigenvalue weighted by atomic mass is 35.5. The van der Waals surface area contributed by atoms with Crippen LogP contribution in [0, 0.1) is 0 Å². The summed E-state index contributed by atoms with van der Waals surface area (Å²) in [5.41, 5.74) is 1.96. The summed E-state index contributed by atoms with van der Waals surface area (Å²) < 4.78 is 4.89. The highest BCUT2D eigenvalue weighted by Crippen LogP contribution is 2.36. The minimum Gasteiger partial charge on any atom is -0.465 e. The zero-order chi connectivity index (χ0) is 17.5. The lowest BCUT2D eigenvalue weighted by molar-refractivity contribution is -0.116. The monoisotopic (exact) mass is 365 g/mol. The summed E-state index contributed by atoms with van der Waals surface area (Å²) in [4.78, 5) is 24.3. The predicted molar refractivity (Wildman–Crippen MR) is 98.9 cm³/mol. The van der Waals surface area contributed by atoms with Crippen LogP contribution in [0.4, 0.5) is 5.00 Å². The van der Waals surface area contributed by atoms with Crippen LogP contribution in [0.2, 0.25) is 5.02 Å². The number of halogens is 1. The molecule has 128 valence electrons. The molecule has 1 aromatic heterocycles. The number of benzene rings is 1. The van der Waals surface area contributed by atoms with Crippen molar-refractivity contribution in [3.63, 3.8) is 0 Å². The fourth-order valence-electron chi connectivity index (χ4n) is 2.32. The molecule has 1 aromatic carbocycles. The SMILES string of the molecule is CCCCCC(=O)Nc1scc(-c2ccc(Cl)cc2)c1C(=O)OC. The normalized spacial score (nSPS) is 10.5. The van der Waals surface area contributed by atoms with Gasteiger partial charge in [0.05, 0.1) is 7.11 Å². The summed E-state index contributed by atoms with van der Waals surface area (Å²) in [5, 5.41) is 5.83. The van der Waals surface area contributed by atoms with E-state index in [-0.39, 0.29) is 5.91 Å². The van der Waals surface area contributed by atoms with Crippen LogP contribution in [-0.2, 0) is 9.53 Å². The van der Waals surface area contributed by atoms with E-state index in [1.54, 1.807) is 12.1 Å². The molecule has 4 nitrogen and oxygen atoms in total. The van der Waals surface area contributed by atoms with Gasteiger partial charge in [-0.1, -0.05) is 43.5 Å². The number of thiophene rings is 1. The van der Waals surface area contributed by atoms with Gasteiger partial charge in [0, 0.05) is 22.4 Å². The van der Waals surface area contributed by atoms with Crippen LogP contribution in [-0.4, -0.2) is 19.0 Å². The van der Waals surface area contributed by atoms with Crippen molar-refractivity contribution in [3.8, 4) is 11.1 Å². The van der Waals surface area contributed by atoms with Gasteiger partial charge in [-0.05, 0) is 24.1 Å². The van der Waals surface area contributed by atoms with E-state index < -0.39 is 5.97 Å². The molecule has 0 aliphatic heterocycles. The Kier molecular flexibility index (Phi) is 6.82. The van der Waals surface area contributed by atoms with Gasteiger partial charge >= 0.3 is 5.97 Å². The molecule has 1 amide bonds. The average molecular weight is 366 g/mol. The first-order valence-corrected chi connectivity index (χ1v) is 9.08. The van der Waals surface area contributed by atoms with Gasteiger partial charge in [0.15, 0.2) is 0 Å². The summed E-state index contributed by atoms with van der Waals surface area (Å²) in [5.74, 6) is -0.553. The molecule has 0 saturated heterocycles. The number of carbonyl (C=O) groups is 2. The largest absolute Gasteiger partial charge is 0.465 e. The second kappa shape index (κ2) is 8.85. The van der Waals surface area contributed by atoms with E-state index in [1.165, 1.54) is 18.4 Å². The average Bonchev–Trinajstić information content (AvgIpc) is 2.98. The highest BCUT2D eigenvalue weighted by molar-refractivity contribution is 7.15. The van der Waals surface area contributed by atoms with Crippen molar-refractivity contribution in [1.29, 1.82) is 0 Å². The van der Waals surface area contributed by atoms with E-state index in [4.69, 9.17) is 16.3 Å². The van der Waals surface area contributed by atoms with E-state index in [9.17, 15) is 9.59 Å². The summed E-state index contributed by atoms with van der Waals surface area (Å²) in [7, 11) is 1.33. The molecule has 0 unspecified atom stereocenters. The molecule has 1 N–H and O–H groups in total. The fraction of sp³-hybridized carbons (Fsp3) is 0.333. The van der Waals surface area contributed by atoms with Crippen LogP contribution < -0.4 is 5.32 Å². The van der Waals surface area contributed by atoms with Gasteiger partial charge in [0.1, 0.15) is 10.6 Å². The van der Waals surface area contributed by atoms with Gasteiger partial charge in [-0.2, -0.15) is 0 Å². The Morgan fingerprint density at radius 1 is 1.21 bits per heavy atom. The van der Waals surface area contributed by atoms with Crippen LogP contribution in [0.15, 0.2) is 29.6 Å². The van der Waals surface area contributed by atoms with Crippen molar-refractivity contribution >= 4 is 39.8 Å². The van der Waals surface area contributed by atoms with Crippen molar-refractivity contribution in [1.82, 2.24) is 0 Å². The van der Waals surface area contributed by atoms with Gasteiger partial charge < -0.3 is 10.1 Å². The number of hydrogen-bond acceptors (Lipinski definition) is 4. The van der Waals surface area contributed by atoms with E-state index in [2.05, 4.69) is 12.2 Å². The van der Waals surface area contributed by atoms with Crippen molar-refractivity contribution in [2.24, 2.45) is 0 Å². The van der Waals surface area contributed by atoms with E-state index in [0.29, 0.717) is 22.0 Å². The molecule has 0 fully saturated rings. The first kappa shape index (κ1) is 18.5. The van der Waals surface area contributed by atoms with Crippen LogP contribution in [0.5, 0.6) is 0 Å². The summed E-state index contributed by atoms with van der Waals surface area (Å²) in [6, 6.07) is 7.20. The number of nitrogens with one attached hydrogen (secondary N) is 1. The molecule has 0 spiro atoms. The van der Waals surface area contributed by atoms with Crippen molar-refractivity contribution < 1.29 is 14.3 Å². The molecule has 1 heterocycles. The zero-order valence-electron chi connectivity index (χ0n) is 13.7. The molecule has 0 bridgehead atoms. The lowest BCUT2D eigenvalue weighted by Crippen LogP contribution is -2.13. The van der Waals surface area contributed by atoms with Gasteiger partial charge in [-0.25, -0.2) is 4.79 Å². The van der Waals surface area contributed by atoms with Gasteiger partial charge in [0.2, 0.25) is 5.91 Å². The lowest BCUT2D eigenvalue weighted by Gasteiger charge is -2.08. The molecule has 2 aromatic rings. The van der Waals surface area contributed by atoms with E-state index in [0.717, 1.165) is 30.4 Å². The standard InChI is InChI=1S/C18H20ClNO3S/c1-3-4-5-6-15(21)20-17-16(18(22)23-2)14(11-24-17)12-7-9-13(19)10-8-12/h7-11H,3-6H2,1-2H3,(H,20,21). The quantitative estimate of drug-likeness (QED) is 0.529. The first-order chi connectivity index (χ1) is 11.6. The Morgan fingerprint density at radius 2 is 1.92 bits per heavy atom. The molecule has 6 heteroatoms. The zero-order valence-corrected chi connectivity index (χ0v) is 15.3. The van der Waals surface area contributed by atoms with Crippen LogP contribution in [0.25, 0.3) is 11.1 Å². The number of amides is 1. The first-order valence-electron chi connectivity index (χ1n) is 7.82. The van der Waals surface area contributed by atoms with E-state index in [1.807, 2.05) is 17.5 Å². The number of unbranched alkanes of at least 4 members (excludes halogenated alkanes) is 2. The Morgan fingerprint density at radius 3 is 2.54 bits per heavy atom. The maximum atomic E-state index is 12.2. The summed E-state index contributed by atoms with van der Waals surface area (Å²) in [6.07, 6.45) is 3.35. The van der Waals surface area contributed by atoms with Crippen molar-refractivity contribution in [3.05, 3.63) is 40.2 Å². The molecule has 2 rings (SSSR count). The minimum absolute atomic E-state index is 0.0851. The maximum absolute atomic E-state index is 12.2. The Balaban J connectivity index is 2.27. The van der Waals surface area contributed by atoms with Gasteiger partial charge in [-0.3, -0.25) is 4.79 Å². The number of anilines is 1. The number of methoxy groups -OCH3 is 1. The number of carbonyl (C=O) groups excluding carboxylic acids is 2. The van der Waals surface area contributed by atoms with Crippen molar-refractivity contribution in [2.45, 2.75) is 32.6 Å². The minimum atomic E-state index is -0.468. The molecule has 0 atom stereocenters. The smallest absolute Gasteiger partial charge is 0.341 e. The highest BCUT2D eigenvalue weighted by Gasteiger charge is 2.22. The second-order valence-corrected chi connectivity index (χ2v) is 6.67. The van der Waals surface area contributed by atoms with Crippen molar-refractivity contribution in [2.75, 3.05) is 12.4 Å². The van der Waals surface area contributed by atoms with Crippen LogP contribution in [0.3, 0.4) is 0 Å². The topological polar surface area (TPSA) is 55.4 Å². The number of ether oxygens (including phenoxy) is 1. The molecule has 0 aliphatic carbocycles. The third kappa shape index (κ3) is 4.58. The number of hydrogen-bond donors (Lipinski definition) is 1. The third-order valence-corrected chi connectivity index (χ3v) is 4.74. The van der Waals surface area contributed by atoms with Crippen LogP contribution >= 0.6 is 22.9 Å². The molecular weight excluding hydrogens is 346 g/mol. The number of rotatable bonds is 7. The molecule has 0 aliphatic rings. The molecular formula is C18H20ClNO3S. The Hall–Kier alpha value is -1.85. The summed E-state index contributed by atoms with van der Waals surface area (Å²) >= 11 is 7.24. The maximum Gasteiger partial charge on any atom is 0.341 e.